The second kappa shape index (κ2) is 6.34. The van der Waals surface area contributed by atoms with Crippen LogP contribution < -0.4 is 0 Å². The molecule has 19 heavy (non-hydrogen) atoms. The van der Waals surface area contributed by atoms with E-state index in [2.05, 4.69) is 0 Å². The fraction of sp³-hybridized carbons (Fsp3) is 0.462. The van der Waals surface area contributed by atoms with Gasteiger partial charge in [0.05, 0.1) is 18.4 Å². The molecule has 0 unspecified atom stereocenters. The Morgan fingerprint density at radius 2 is 2.21 bits per heavy atom. The number of thioether (sulfide) groups is 1. The topological polar surface area (TPSA) is 40.5 Å². The van der Waals surface area contributed by atoms with Crippen LogP contribution in [0.3, 0.4) is 0 Å². The van der Waals surface area contributed by atoms with Crippen molar-refractivity contribution in [3.05, 3.63) is 29.8 Å². The van der Waals surface area contributed by atoms with Gasteiger partial charge in [0.15, 0.2) is 11.6 Å². The summed E-state index contributed by atoms with van der Waals surface area (Å²) in [5, 5.41) is 9.15. The summed E-state index contributed by atoms with van der Waals surface area (Å²) in [6.07, 6.45) is 1.71. The fourth-order valence-corrected chi connectivity index (χ4v) is 2.96. The van der Waals surface area contributed by atoms with Crippen LogP contribution in [0.4, 0.5) is 8.78 Å². The summed E-state index contributed by atoms with van der Waals surface area (Å²) in [6, 6.07) is 3.48. The first-order valence-corrected chi connectivity index (χ1v) is 7.08. The van der Waals surface area contributed by atoms with E-state index in [4.69, 9.17) is 5.11 Å². The predicted octanol–water partition coefficient (Wildman–Crippen LogP) is 2.04. The van der Waals surface area contributed by atoms with Gasteiger partial charge < -0.3 is 10.0 Å². The summed E-state index contributed by atoms with van der Waals surface area (Å²) >= 11 is 1.17. The molecule has 1 atom stereocenters. The van der Waals surface area contributed by atoms with Crippen LogP contribution in [-0.4, -0.2) is 40.9 Å². The van der Waals surface area contributed by atoms with Gasteiger partial charge >= 0.3 is 0 Å². The molecule has 0 aromatic heterocycles. The Kier molecular flexibility index (Phi) is 4.76. The Morgan fingerprint density at radius 3 is 2.89 bits per heavy atom. The number of halogens is 2. The number of carbonyl (C=O) groups is 1. The number of amides is 1. The van der Waals surface area contributed by atoms with E-state index in [-0.39, 0.29) is 24.3 Å². The molecule has 2 rings (SSSR count). The maximum Gasteiger partial charge on any atom is 0.233 e. The highest BCUT2D eigenvalue weighted by atomic mass is 32.2. The first kappa shape index (κ1) is 14.3. The normalized spacial score (nSPS) is 18.9. The maximum atomic E-state index is 13.0. The van der Waals surface area contributed by atoms with Crippen molar-refractivity contribution >= 4 is 17.7 Å². The van der Waals surface area contributed by atoms with Crippen molar-refractivity contribution in [3.8, 4) is 0 Å². The summed E-state index contributed by atoms with van der Waals surface area (Å²) < 4.78 is 25.8. The Hall–Kier alpha value is -1.14. The molecular formula is C13H15F2NO2S. The lowest BCUT2D eigenvalue weighted by Crippen LogP contribution is -2.38. The molecular weight excluding hydrogens is 272 g/mol. The third-order valence-corrected chi connectivity index (χ3v) is 4.14. The maximum absolute atomic E-state index is 13.0. The van der Waals surface area contributed by atoms with Gasteiger partial charge in [-0.15, -0.1) is 11.8 Å². The molecule has 1 aliphatic heterocycles. The van der Waals surface area contributed by atoms with Gasteiger partial charge in [-0.2, -0.15) is 0 Å². The third-order valence-electron chi connectivity index (χ3n) is 3.16. The Morgan fingerprint density at radius 1 is 1.42 bits per heavy atom. The largest absolute Gasteiger partial charge is 0.394 e. The van der Waals surface area contributed by atoms with E-state index in [0.29, 0.717) is 11.4 Å². The molecule has 1 aromatic carbocycles. The van der Waals surface area contributed by atoms with Gasteiger partial charge in [-0.3, -0.25) is 4.79 Å². The van der Waals surface area contributed by atoms with Gasteiger partial charge in [-0.25, -0.2) is 8.78 Å². The van der Waals surface area contributed by atoms with Crippen LogP contribution in [0.15, 0.2) is 23.1 Å². The van der Waals surface area contributed by atoms with Crippen molar-refractivity contribution in [1.82, 2.24) is 4.90 Å². The quantitative estimate of drug-likeness (QED) is 0.862. The average Bonchev–Trinajstić information content (AvgIpc) is 2.88. The molecule has 1 N–H and O–H groups in total. The Labute approximate surface area is 114 Å². The highest BCUT2D eigenvalue weighted by Gasteiger charge is 2.27. The second-order valence-corrected chi connectivity index (χ2v) is 5.48. The Balaban J connectivity index is 1.91. The lowest BCUT2D eigenvalue weighted by atomic mass is 10.2. The number of rotatable bonds is 4. The minimum atomic E-state index is -0.910. The van der Waals surface area contributed by atoms with Crippen LogP contribution in [-0.2, 0) is 4.79 Å². The van der Waals surface area contributed by atoms with E-state index in [1.807, 2.05) is 0 Å². The number of benzene rings is 1. The molecule has 0 aliphatic carbocycles. The summed E-state index contributed by atoms with van der Waals surface area (Å²) in [5.74, 6) is -1.71. The summed E-state index contributed by atoms with van der Waals surface area (Å²) in [5.41, 5.74) is 0. The molecule has 0 radical (unpaired) electrons. The highest BCUT2D eigenvalue weighted by Crippen LogP contribution is 2.23. The van der Waals surface area contributed by atoms with Gasteiger partial charge in [0, 0.05) is 11.4 Å². The lowest BCUT2D eigenvalue weighted by Gasteiger charge is -2.22. The fourth-order valence-electron chi connectivity index (χ4n) is 2.15. The molecule has 1 fully saturated rings. The lowest BCUT2D eigenvalue weighted by molar-refractivity contribution is -0.129. The van der Waals surface area contributed by atoms with E-state index < -0.39 is 11.6 Å². The molecule has 1 aliphatic rings. The number of nitrogens with zero attached hydrogens (tertiary/aromatic N) is 1. The van der Waals surface area contributed by atoms with E-state index in [9.17, 15) is 13.6 Å². The van der Waals surface area contributed by atoms with Gasteiger partial charge in [0.1, 0.15) is 0 Å². The summed E-state index contributed by atoms with van der Waals surface area (Å²) in [7, 11) is 0. The first-order chi connectivity index (χ1) is 9.11. The average molecular weight is 287 g/mol. The minimum absolute atomic E-state index is 0.0262. The van der Waals surface area contributed by atoms with Crippen LogP contribution in [0.25, 0.3) is 0 Å². The van der Waals surface area contributed by atoms with Crippen LogP contribution >= 0.6 is 11.8 Å². The smallest absolute Gasteiger partial charge is 0.233 e. The predicted molar refractivity (Wildman–Crippen MR) is 68.9 cm³/mol. The molecule has 0 saturated carbocycles. The molecule has 0 spiro atoms. The molecule has 3 nitrogen and oxygen atoms in total. The van der Waals surface area contributed by atoms with E-state index in [1.165, 1.54) is 17.8 Å². The number of hydrogen-bond acceptors (Lipinski definition) is 3. The second-order valence-electron chi connectivity index (χ2n) is 4.43. The molecule has 0 bridgehead atoms. The van der Waals surface area contributed by atoms with Crippen LogP contribution in [0.5, 0.6) is 0 Å². The third kappa shape index (κ3) is 3.45. The van der Waals surface area contributed by atoms with Crippen LogP contribution in [0, 0.1) is 11.6 Å². The minimum Gasteiger partial charge on any atom is -0.394 e. The number of hydrogen-bond donors (Lipinski definition) is 1. The SMILES string of the molecule is O=C(CSc1ccc(F)c(F)c1)N1CCC[C@@H]1CO. The first-order valence-electron chi connectivity index (χ1n) is 6.10. The van der Waals surface area contributed by atoms with Gasteiger partial charge in [0.2, 0.25) is 5.91 Å². The molecule has 6 heteroatoms. The zero-order chi connectivity index (χ0) is 13.8. The number of aliphatic hydroxyl groups excluding tert-OH is 1. The Bertz CT molecular complexity index is 470. The molecule has 1 aromatic rings. The van der Waals surface area contributed by atoms with E-state index >= 15 is 0 Å². The van der Waals surface area contributed by atoms with Crippen molar-refractivity contribution < 1.29 is 18.7 Å². The van der Waals surface area contributed by atoms with Crippen molar-refractivity contribution in [2.75, 3.05) is 18.9 Å². The zero-order valence-electron chi connectivity index (χ0n) is 10.3. The zero-order valence-corrected chi connectivity index (χ0v) is 11.1. The summed E-state index contributed by atoms with van der Waals surface area (Å²) in [6.45, 7) is 0.629. The number of carbonyl (C=O) groups excluding carboxylic acids is 1. The monoisotopic (exact) mass is 287 g/mol. The standard InChI is InChI=1S/C13H15F2NO2S/c14-11-4-3-10(6-12(11)15)19-8-13(18)16-5-1-2-9(16)7-17/h3-4,6,9,17H,1-2,5,7-8H2/t9-/m1/s1. The van der Waals surface area contributed by atoms with Crippen LogP contribution in [0.2, 0.25) is 0 Å². The number of aliphatic hydroxyl groups is 1. The molecule has 1 amide bonds. The number of likely N-dealkylation sites (tertiary alicyclic amines) is 1. The molecule has 1 heterocycles. The molecule has 1 saturated heterocycles. The van der Waals surface area contributed by atoms with Crippen LogP contribution in [0.1, 0.15) is 12.8 Å². The van der Waals surface area contributed by atoms with Crippen molar-refractivity contribution in [2.24, 2.45) is 0 Å². The van der Waals surface area contributed by atoms with Crippen molar-refractivity contribution in [2.45, 2.75) is 23.8 Å². The van der Waals surface area contributed by atoms with Gasteiger partial charge in [-0.05, 0) is 31.0 Å². The van der Waals surface area contributed by atoms with Crippen molar-refractivity contribution in [1.29, 1.82) is 0 Å². The van der Waals surface area contributed by atoms with E-state index in [1.54, 1.807) is 4.90 Å². The van der Waals surface area contributed by atoms with Gasteiger partial charge in [0.25, 0.3) is 0 Å². The van der Waals surface area contributed by atoms with E-state index in [0.717, 1.165) is 25.0 Å². The van der Waals surface area contributed by atoms with Crippen molar-refractivity contribution in [3.63, 3.8) is 0 Å². The molecule has 104 valence electrons. The summed E-state index contributed by atoms with van der Waals surface area (Å²) in [4.78, 5) is 14.1. The van der Waals surface area contributed by atoms with Gasteiger partial charge in [-0.1, -0.05) is 0 Å². The highest BCUT2D eigenvalue weighted by molar-refractivity contribution is 8.00.